The van der Waals surface area contributed by atoms with Gasteiger partial charge in [-0.2, -0.15) is 0 Å². The third kappa shape index (κ3) is 5.84. The zero-order chi connectivity index (χ0) is 24.9. The summed E-state index contributed by atoms with van der Waals surface area (Å²) >= 11 is 1.29. The largest absolute Gasteiger partial charge is 0.326 e. The van der Waals surface area contributed by atoms with Crippen LogP contribution < -0.4 is 5.32 Å². The quantitative estimate of drug-likeness (QED) is 0.471. The molecular formula is C27H26N4O3S. The van der Waals surface area contributed by atoms with E-state index in [0.29, 0.717) is 16.4 Å². The first-order valence-electron chi connectivity index (χ1n) is 11.3. The van der Waals surface area contributed by atoms with Crippen LogP contribution in [0.5, 0.6) is 0 Å². The van der Waals surface area contributed by atoms with Crippen LogP contribution in [0.2, 0.25) is 0 Å². The lowest BCUT2D eigenvalue weighted by molar-refractivity contribution is -0.128. The maximum absolute atomic E-state index is 13.3. The molecule has 0 bridgehead atoms. The minimum absolute atomic E-state index is 0.00248. The summed E-state index contributed by atoms with van der Waals surface area (Å²) in [5, 5.41) is 2.77. The molecule has 2 aromatic carbocycles. The van der Waals surface area contributed by atoms with Crippen molar-refractivity contribution in [1.29, 1.82) is 0 Å². The van der Waals surface area contributed by atoms with Crippen molar-refractivity contribution in [3.05, 3.63) is 89.2 Å². The molecule has 2 heterocycles. The van der Waals surface area contributed by atoms with Crippen LogP contribution in [0, 0.1) is 13.8 Å². The molecule has 1 saturated heterocycles. The van der Waals surface area contributed by atoms with Crippen LogP contribution in [0.1, 0.15) is 40.5 Å². The molecule has 8 heteroatoms. The first-order chi connectivity index (χ1) is 16.8. The molecule has 4 rings (SSSR count). The first-order valence-corrected chi connectivity index (χ1v) is 12.1. The van der Waals surface area contributed by atoms with E-state index in [1.165, 1.54) is 18.7 Å². The molecule has 1 unspecified atom stereocenters. The van der Waals surface area contributed by atoms with Crippen LogP contribution in [-0.2, 0) is 16.1 Å². The van der Waals surface area contributed by atoms with Crippen LogP contribution in [-0.4, -0.2) is 37.9 Å². The van der Waals surface area contributed by atoms with Gasteiger partial charge in [-0.1, -0.05) is 30.0 Å². The lowest BCUT2D eigenvalue weighted by Gasteiger charge is -2.16. The summed E-state index contributed by atoms with van der Waals surface area (Å²) < 4.78 is 0. The number of benzene rings is 2. The number of aromatic nitrogens is 1. The number of aryl methyl sites for hydroxylation is 1. The Bertz CT molecular complexity index is 1290. The number of Topliss-reactive ketones (excluding diaryl/α,β-unsaturated/α-hetero) is 1. The minimum Gasteiger partial charge on any atom is -0.326 e. The van der Waals surface area contributed by atoms with Gasteiger partial charge in [0.15, 0.2) is 11.0 Å². The number of carbonyl (C=O) groups is 3. The van der Waals surface area contributed by atoms with Gasteiger partial charge in [0.25, 0.3) is 0 Å². The maximum atomic E-state index is 13.3. The number of nitrogens with one attached hydrogen (secondary N) is 1. The smallest absolute Gasteiger partial charge is 0.243 e. The molecule has 1 aromatic heterocycles. The number of aliphatic imine (C=N–C) groups is 1. The van der Waals surface area contributed by atoms with Crippen molar-refractivity contribution in [1.82, 2.24) is 9.88 Å². The Hall–Kier alpha value is -3.78. The van der Waals surface area contributed by atoms with Gasteiger partial charge in [0.2, 0.25) is 11.8 Å². The summed E-state index contributed by atoms with van der Waals surface area (Å²) in [6.07, 6.45) is 1.69. The van der Waals surface area contributed by atoms with Crippen molar-refractivity contribution in [2.24, 2.45) is 4.99 Å². The van der Waals surface area contributed by atoms with E-state index in [1.54, 1.807) is 35.4 Å². The van der Waals surface area contributed by atoms with E-state index in [9.17, 15) is 14.4 Å². The van der Waals surface area contributed by atoms with E-state index >= 15 is 0 Å². The van der Waals surface area contributed by atoms with Gasteiger partial charge in [0.1, 0.15) is 5.25 Å². The molecule has 7 nitrogen and oxygen atoms in total. The van der Waals surface area contributed by atoms with Gasteiger partial charge in [0.05, 0.1) is 17.9 Å². The van der Waals surface area contributed by atoms with Crippen molar-refractivity contribution >= 4 is 45.9 Å². The number of rotatable bonds is 7. The Morgan fingerprint density at radius 1 is 1.06 bits per heavy atom. The number of anilines is 1. The fraction of sp³-hybridized carbons (Fsp3) is 0.222. The van der Waals surface area contributed by atoms with Crippen LogP contribution in [0.3, 0.4) is 0 Å². The Balaban J connectivity index is 1.54. The van der Waals surface area contributed by atoms with Crippen LogP contribution in [0.25, 0.3) is 0 Å². The Morgan fingerprint density at radius 3 is 2.51 bits per heavy atom. The molecule has 1 N–H and O–H groups in total. The monoisotopic (exact) mass is 486 g/mol. The third-order valence-corrected chi connectivity index (χ3v) is 6.98. The van der Waals surface area contributed by atoms with Crippen LogP contribution in [0.15, 0.2) is 71.9 Å². The highest BCUT2D eigenvalue weighted by Gasteiger charge is 2.39. The molecule has 2 amide bonds. The fourth-order valence-electron chi connectivity index (χ4n) is 3.65. The zero-order valence-corrected chi connectivity index (χ0v) is 20.6. The third-order valence-electron chi connectivity index (χ3n) is 5.80. The van der Waals surface area contributed by atoms with Gasteiger partial charge in [-0.15, -0.1) is 0 Å². The predicted molar refractivity (Wildman–Crippen MR) is 139 cm³/mol. The number of nitrogens with zero attached hydrogens (tertiary/aromatic N) is 3. The first kappa shape index (κ1) is 24.3. The highest BCUT2D eigenvalue weighted by molar-refractivity contribution is 8.15. The molecule has 1 aliphatic rings. The Kier molecular flexibility index (Phi) is 7.41. The van der Waals surface area contributed by atoms with Gasteiger partial charge in [-0.25, -0.2) is 4.99 Å². The molecule has 0 radical (unpaired) electrons. The number of hydrogen-bond acceptors (Lipinski definition) is 6. The Labute approximate surface area is 208 Å². The van der Waals surface area contributed by atoms with Crippen molar-refractivity contribution in [2.45, 2.75) is 39.0 Å². The molecule has 35 heavy (non-hydrogen) atoms. The SMILES string of the molecule is CC(=O)c1ccc(NC(=O)CC2SC(=Nc3cccc(C)c3C)N(Cc3ccccn3)C2=O)cc1. The number of ketones is 1. The number of amides is 2. The van der Waals surface area contributed by atoms with Crippen LogP contribution in [0.4, 0.5) is 11.4 Å². The topological polar surface area (TPSA) is 91.7 Å². The second-order valence-corrected chi connectivity index (χ2v) is 9.52. The number of hydrogen-bond donors (Lipinski definition) is 1. The van der Waals surface area contributed by atoms with E-state index in [2.05, 4.69) is 10.3 Å². The molecule has 178 valence electrons. The predicted octanol–water partition coefficient (Wildman–Crippen LogP) is 5.06. The molecule has 3 aromatic rings. The lowest BCUT2D eigenvalue weighted by Crippen LogP contribution is -2.33. The maximum Gasteiger partial charge on any atom is 0.243 e. The lowest BCUT2D eigenvalue weighted by atomic mass is 10.1. The van der Waals surface area contributed by atoms with E-state index in [1.807, 2.05) is 50.2 Å². The highest BCUT2D eigenvalue weighted by atomic mass is 32.2. The summed E-state index contributed by atoms with van der Waals surface area (Å²) in [5.41, 5.74) is 4.84. The van der Waals surface area contributed by atoms with Gasteiger partial charge < -0.3 is 5.32 Å². The van der Waals surface area contributed by atoms with Gasteiger partial charge in [0, 0.05) is 23.9 Å². The van der Waals surface area contributed by atoms with Crippen molar-refractivity contribution in [3.63, 3.8) is 0 Å². The molecule has 1 atom stereocenters. The molecule has 1 fully saturated rings. The summed E-state index contributed by atoms with van der Waals surface area (Å²) in [7, 11) is 0. The minimum atomic E-state index is -0.598. The number of thioether (sulfide) groups is 1. The van der Waals surface area contributed by atoms with Gasteiger partial charge in [-0.3, -0.25) is 24.3 Å². The standard InChI is InChI=1S/C27H26N4O3S/c1-17-7-6-9-23(18(17)2)30-27-31(16-22-8-4-5-14-28-22)26(34)24(35-27)15-25(33)29-21-12-10-20(11-13-21)19(3)32/h4-14,24H,15-16H2,1-3H3,(H,29,33). The summed E-state index contributed by atoms with van der Waals surface area (Å²) in [4.78, 5) is 48.3. The molecule has 0 spiro atoms. The summed E-state index contributed by atoms with van der Waals surface area (Å²) in [5.74, 6) is -0.497. The number of pyridine rings is 1. The highest BCUT2D eigenvalue weighted by Crippen LogP contribution is 2.34. The Morgan fingerprint density at radius 2 is 1.83 bits per heavy atom. The summed E-state index contributed by atoms with van der Waals surface area (Å²) in [6, 6.07) is 18.1. The van der Waals surface area contributed by atoms with Crippen molar-refractivity contribution in [3.8, 4) is 0 Å². The zero-order valence-electron chi connectivity index (χ0n) is 19.8. The normalized spacial score (nSPS) is 16.5. The van der Waals surface area contributed by atoms with Crippen LogP contribution >= 0.6 is 11.8 Å². The van der Waals surface area contributed by atoms with E-state index in [0.717, 1.165) is 22.5 Å². The summed E-state index contributed by atoms with van der Waals surface area (Å²) in [6.45, 7) is 5.79. The van der Waals surface area contributed by atoms with Gasteiger partial charge in [-0.05, 0) is 74.4 Å². The fourth-order valence-corrected chi connectivity index (χ4v) is 4.80. The molecule has 0 aliphatic carbocycles. The molecular weight excluding hydrogens is 460 g/mol. The van der Waals surface area contributed by atoms with Crippen molar-refractivity contribution in [2.75, 3.05) is 5.32 Å². The molecule has 0 saturated carbocycles. The molecule has 1 aliphatic heterocycles. The van der Waals surface area contributed by atoms with Crippen molar-refractivity contribution < 1.29 is 14.4 Å². The van der Waals surface area contributed by atoms with E-state index < -0.39 is 5.25 Å². The average Bonchev–Trinajstić information content (AvgIpc) is 3.11. The van der Waals surface area contributed by atoms with Gasteiger partial charge >= 0.3 is 0 Å². The number of amidine groups is 1. The van der Waals surface area contributed by atoms with E-state index in [-0.39, 0.29) is 30.6 Å². The average molecular weight is 487 g/mol. The van der Waals surface area contributed by atoms with E-state index in [4.69, 9.17) is 4.99 Å². The second-order valence-electron chi connectivity index (χ2n) is 8.35. The number of carbonyl (C=O) groups excluding carboxylic acids is 3. The second kappa shape index (κ2) is 10.7.